The number of carbonyl (C=O) groups is 2. The lowest BCUT2D eigenvalue weighted by molar-refractivity contribution is -0.135. The van der Waals surface area contributed by atoms with Crippen LogP contribution in [-0.4, -0.2) is 40.7 Å². The summed E-state index contributed by atoms with van der Waals surface area (Å²) in [6.45, 7) is 1.12. The number of nitrogens with zero attached hydrogens (tertiary/aromatic N) is 1. The molecule has 3 N–H and O–H groups in total. The van der Waals surface area contributed by atoms with E-state index in [0.29, 0.717) is 33.7 Å². The third kappa shape index (κ3) is 3.96. The molecule has 0 saturated carbocycles. The van der Waals surface area contributed by atoms with E-state index in [1.165, 1.54) is 0 Å². The van der Waals surface area contributed by atoms with Crippen molar-refractivity contribution in [3.8, 4) is 23.0 Å². The number of hydrogen-bond donors (Lipinski definition) is 3. The molecule has 3 rings (SSSR count). The van der Waals surface area contributed by atoms with Crippen molar-refractivity contribution < 1.29 is 29.3 Å². The smallest absolute Gasteiger partial charge is 0.322 e. The van der Waals surface area contributed by atoms with Crippen LogP contribution in [-0.2, 0) is 4.79 Å². The Labute approximate surface area is 160 Å². The summed E-state index contributed by atoms with van der Waals surface area (Å²) in [6.07, 6.45) is 0. The molecule has 144 valence electrons. The van der Waals surface area contributed by atoms with Gasteiger partial charge in [-0.15, -0.1) is 0 Å². The topological polar surface area (TPSA) is 118 Å². The normalized spacial score (nSPS) is 10.5. The van der Waals surface area contributed by atoms with Crippen LogP contribution in [0.1, 0.15) is 16.2 Å². The SMILES string of the molecule is COc1ccc(Oc2ccc3c(O)c(C(=O)NCC(=O)O)nc(C)c3c2)cc1. The molecule has 3 aromatic rings. The van der Waals surface area contributed by atoms with Gasteiger partial charge >= 0.3 is 5.97 Å². The number of methoxy groups -OCH3 is 1. The van der Waals surface area contributed by atoms with Gasteiger partial charge in [0, 0.05) is 16.5 Å². The Morgan fingerprint density at radius 1 is 1.04 bits per heavy atom. The van der Waals surface area contributed by atoms with Gasteiger partial charge in [-0.1, -0.05) is 0 Å². The van der Waals surface area contributed by atoms with Crippen molar-refractivity contribution >= 4 is 22.6 Å². The summed E-state index contributed by atoms with van der Waals surface area (Å²) in [4.78, 5) is 26.8. The number of fused-ring (bicyclic) bond motifs is 1. The number of aliphatic carboxylic acids is 1. The van der Waals surface area contributed by atoms with E-state index in [1.807, 2.05) is 0 Å². The van der Waals surface area contributed by atoms with E-state index >= 15 is 0 Å². The molecule has 0 atom stereocenters. The predicted molar refractivity (Wildman–Crippen MR) is 101 cm³/mol. The molecule has 1 aromatic heterocycles. The number of aryl methyl sites for hydroxylation is 1. The molecule has 0 aliphatic carbocycles. The van der Waals surface area contributed by atoms with E-state index in [4.69, 9.17) is 14.6 Å². The molecule has 1 amide bonds. The number of ether oxygens (including phenoxy) is 2. The van der Waals surface area contributed by atoms with Gasteiger partial charge in [-0.05, 0) is 49.4 Å². The highest BCUT2D eigenvalue weighted by molar-refractivity contribution is 6.03. The van der Waals surface area contributed by atoms with Crippen molar-refractivity contribution in [2.75, 3.05) is 13.7 Å². The molecule has 8 heteroatoms. The van der Waals surface area contributed by atoms with Gasteiger partial charge in [-0.2, -0.15) is 0 Å². The molecule has 28 heavy (non-hydrogen) atoms. The van der Waals surface area contributed by atoms with Crippen molar-refractivity contribution in [1.82, 2.24) is 10.3 Å². The third-order valence-corrected chi connectivity index (χ3v) is 4.05. The van der Waals surface area contributed by atoms with E-state index in [2.05, 4.69) is 10.3 Å². The minimum Gasteiger partial charge on any atom is -0.505 e. The van der Waals surface area contributed by atoms with Crippen LogP contribution in [0.5, 0.6) is 23.0 Å². The lowest BCUT2D eigenvalue weighted by Crippen LogP contribution is -2.30. The van der Waals surface area contributed by atoms with Gasteiger partial charge in [0.2, 0.25) is 0 Å². The van der Waals surface area contributed by atoms with Crippen LogP contribution < -0.4 is 14.8 Å². The lowest BCUT2D eigenvalue weighted by atomic mass is 10.1. The summed E-state index contributed by atoms with van der Waals surface area (Å²) in [5.74, 6) is -0.414. The molecule has 8 nitrogen and oxygen atoms in total. The average molecular weight is 382 g/mol. The van der Waals surface area contributed by atoms with Gasteiger partial charge in [0.25, 0.3) is 5.91 Å². The quantitative estimate of drug-likeness (QED) is 0.600. The Hall–Kier alpha value is -3.81. The van der Waals surface area contributed by atoms with Gasteiger partial charge in [0.1, 0.15) is 23.8 Å². The second-order valence-electron chi connectivity index (χ2n) is 5.96. The zero-order valence-electron chi connectivity index (χ0n) is 15.2. The molecule has 0 unspecified atom stereocenters. The maximum Gasteiger partial charge on any atom is 0.322 e. The zero-order valence-corrected chi connectivity index (χ0v) is 15.2. The Morgan fingerprint density at radius 2 is 1.68 bits per heavy atom. The fraction of sp³-hybridized carbons (Fsp3) is 0.150. The number of pyridine rings is 1. The molecule has 0 spiro atoms. The van der Waals surface area contributed by atoms with E-state index in [9.17, 15) is 14.7 Å². The first kappa shape index (κ1) is 19.0. The van der Waals surface area contributed by atoms with E-state index in [1.54, 1.807) is 56.5 Å². The average Bonchev–Trinajstić information content (AvgIpc) is 2.69. The molecule has 0 aliphatic rings. The van der Waals surface area contributed by atoms with Crippen LogP contribution in [0.3, 0.4) is 0 Å². The molecule has 1 heterocycles. The molecule has 0 radical (unpaired) electrons. The minimum absolute atomic E-state index is 0.227. The molecule has 0 bridgehead atoms. The van der Waals surface area contributed by atoms with Crippen LogP contribution in [0.4, 0.5) is 0 Å². The van der Waals surface area contributed by atoms with Crippen LogP contribution in [0, 0.1) is 6.92 Å². The highest BCUT2D eigenvalue weighted by Gasteiger charge is 2.18. The Morgan fingerprint density at radius 3 is 2.32 bits per heavy atom. The maximum atomic E-state index is 12.1. The Kier molecular flexibility index (Phi) is 5.30. The van der Waals surface area contributed by atoms with Gasteiger partial charge in [-0.3, -0.25) is 9.59 Å². The summed E-state index contributed by atoms with van der Waals surface area (Å²) in [5.41, 5.74) is 0.267. The van der Waals surface area contributed by atoms with Crippen LogP contribution in [0.2, 0.25) is 0 Å². The van der Waals surface area contributed by atoms with Crippen molar-refractivity contribution in [3.05, 3.63) is 53.9 Å². The van der Waals surface area contributed by atoms with Crippen molar-refractivity contribution in [3.63, 3.8) is 0 Å². The number of carboxylic acids is 1. The van der Waals surface area contributed by atoms with E-state index < -0.39 is 18.4 Å². The first-order chi connectivity index (χ1) is 13.4. The first-order valence-corrected chi connectivity index (χ1v) is 8.34. The standard InChI is InChI=1S/C20H18N2O6/c1-11-16-9-14(28-13-5-3-12(27-2)4-6-13)7-8-15(16)19(25)18(22-11)20(26)21-10-17(23)24/h3-9,25H,10H2,1-2H3,(H,21,26)(H,23,24). The van der Waals surface area contributed by atoms with Crippen molar-refractivity contribution in [2.45, 2.75) is 6.92 Å². The Balaban J connectivity index is 1.91. The van der Waals surface area contributed by atoms with Crippen molar-refractivity contribution in [2.24, 2.45) is 0 Å². The number of amides is 1. The van der Waals surface area contributed by atoms with Crippen LogP contribution in [0.15, 0.2) is 42.5 Å². The van der Waals surface area contributed by atoms with Gasteiger partial charge in [0.15, 0.2) is 11.4 Å². The minimum atomic E-state index is -1.19. The zero-order chi connectivity index (χ0) is 20.3. The first-order valence-electron chi connectivity index (χ1n) is 8.34. The fourth-order valence-corrected chi connectivity index (χ4v) is 2.68. The molecule has 0 saturated heterocycles. The highest BCUT2D eigenvalue weighted by atomic mass is 16.5. The molecular formula is C20H18N2O6. The second kappa shape index (κ2) is 7.83. The number of carboxylic acid groups (broad SMARTS) is 1. The molecule has 2 aromatic carbocycles. The highest BCUT2D eigenvalue weighted by Crippen LogP contribution is 2.33. The Bertz CT molecular complexity index is 1050. The number of benzene rings is 2. The molecule has 0 aliphatic heterocycles. The summed E-state index contributed by atoms with van der Waals surface area (Å²) < 4.78 is 10.9. The lowest BCUT2D eigenvalue weighted by Gasteiger charge is -2.12. The number of aromatic nitrogens is 1. The summed E-state index contributed by atoms with van der Waals surface area (Å²) in [5, 5.41) is 22.3. The molecule has 0 fully saturated rings. The van der Waals surface area contributed by atoms with Crippen molar-refractivity contribution in [1.29, 1.82) is 0 Å². The largest absolute Gasteiger partial charge is 0.505 e. The summed E-state index contributed by atoms with van der Waals surface area (Å²) in [6, 6.07) is 12.1. The molecular weight excluding hydrogens is 364 g/mol. The van der Waals surface area contributed by atoms with Crippen LogP contribution in [0.25, 0.3) is 10.8 Å². The second-order valence-corrected chi connectivity index (χ2v) is 5.96. The number of aromatic hydroxyl groups is 1. The van der Waals surface area contributed by atoms with Gasteiger partial charge in [-0.25, -0.2) is 4.98 Å². The monoisotopic (exact) mass is 382 g/mol. The third-order valence-electron chi connectivity index (χ3n) is 4.05. The van der Waals surface area contributed by atoms with Gasteiger partial charge in [0.05, 0.1) is 7.11 Å². The fourth-order valence-electron chi connectivity index (χ4n) is 2.68. The summed E-state index contributed by atoms with van der Waals surface area (Å²) in [7, 11) is 1.58. The summed E-state index contributed by atoms with van der Waals surface area (Å²) >= 11 is 0. The van der Waals surface area contributed by atoms with E-state index in [0.717, 1.165) is 0 Å². The maximum absolute atomic E-state index is 12.1. The van der Waals surface area contributed by atoms with E-state index in [-0.39, 0.29) is 11.4 Å². The number of nitrogens with one attached hydrogen (secondary N) is 1. The van der Waals surface area contributed by atoms with Gasteiger partial charge < -0.3 is 25.0 Å². The van der Waals surface area contributed by atoms with Crippen LogP contribution >= 0.6 is 0 Å². The number of rotatable bonds is 6. The predicted octanol–water partition coefficient (Wildman–Crippen LogP) is 2.86. The number of hydrogen-bond acceptors (Lipinski definition) is 6. The number of carbonyl (C=O) groups excluding carboxylic acids is 1.